The Hall–Kier alpha value is -4.53. The first-order valence-corrected chi connectivity index (χ1v) is 12.6. The normalized spacial score (nSPS) is 13.6. The molecule has 0 unspecified atom stereocenters. The monoisotopic (exact) mass is 530 g/mol. The van der Waals surface area contributed by atoms with Gasteiger partial charge in [0.2, 0.25) is 0 Å². The van der Waals surface area contributed by atoms with E-state index >= 15 is 4.39 Å². The van der Waals surface area contributed by atoms with Crippen molar-refractivity contribution in [2.24, 2.45) is 10.7 Å². The van der Waals surface area contributed by atoms with Gasteiger partial charge >= 0.3 is 5.97 Å². The van der Waals surface area contributed by atoms with Gasteiger partial charge in [0.15, 0.2) is 17.4 Å². The fourth-order valence-electron chi connectivity index (χ4n) is 5.07. The van der Waals surface area contributed by atoms with E-state index in [1.54, 1.807) is 35.1 Å². The molecular formula is C30H28F2N4O3. The van der Waals surface area contributed by atoms with Crippen molar-refractivity contribution in [2.45, 2.75) is 39.5 Å². The zero-order valence-electron chi connectivity index (χ0n) is 21.7. The first kappa shape index (κ1) is 26.1. The van der Waals surface area contributed by atoms with E-state index in [2.05, 4.69) is 10.1 Å². The topological polar surface area (TPSA) is 102 Å². The average molecular weight is 531 g/mol. The van der Waals surface area contributed by atoms with Gasteiger partial charge in [-0.25, -0.2) is 18.3 Å². The summed E-state index contributed by atoms with van der Waals surface area (Å²) in [5.74, 6) is -1.12. The number of benzene rings is 2. The Bertz CT molecular complexity index is 1640. The van der Waals surface area contributed by atoms with Crippen LogP contribution in [0.25, 0.3) is 16.6 Å². The summed E-state index contributed by atoms with van der Waals surface area (Å²) in [6.07, 6.45) is 6.47. The lowest BCUT2D eigenvalue weighted by Gasteiger charge is -2.23. The predicted octanol–water partition coefficient (Wildman–Crippen LogP) is 5.64. The maximum Gasteiger partial charge on any atom is 0.307 e. The number of aliphatic carboxylic acids is 1. The number of hydrogen-bond acceptors (Lipinski definition) is 5. The van der Waals surface area contributed by atoms with Crippen LogP contribution in [0.3, 0.4) is 0 Å². The molecule has 5 rings (SSSR count). The van der Waals surface area contributed by atoms with Gasteiger partial charge in [0.25, 0.3) is 0 Å². The lowest BCUT2D eigenvalue weighted by atomic mass is 9.88. The molecular weight excluding hydrogens is 502 g/mol. The molecule has 4 aromatic rings. The Labute approximate surface area is 224 Å². The van der Waals surface area contributed by atoms with Gasteiger partial charge in [-0.3, -0.25) is 4.79 Å². The highest BCUT2D eigenvalue weighted by atomic mass is 19.1. The molecule has 0 saturated heterocycles. The number of carboxylic acid groups (broad SMARTS) is 1. The summed E-state index contributed by atoms with van der Waals surface area (Å²) in [6.45, 7) is 4.19. The molecule has 2 aromatic heterocycles. The average Bonchev–Trinajstić information content (AvgIpc) is 3.32. The van der Waals surface area contributed by atoms with Gasteiger partial charge < -0.3 is 15.6 Å². The summed E-state index contributed by atoms with van der Waals surface area (Å²) in [7, 11) is 0. The predicted molar refractivity (Wildman–Crippen MR) is 146 cm³/mol. The third kappa shape index (κ3) is 5.25. The van der Waals surface area contributed by atoms with E-state index in [0.29, 0.717) is 58.6 Å². The van der Waals surface area contributed by atoms with Crippen LogP contribution in [-0.2, 0) is 24.1 Å². The van der Waals surface area contributed by atoms with Gasteiger partial charge in [-0.15, -0.1) is 5.10 Å². The fourth-order valence-corrected chi connectivity index (χ4v) is 5.07. The Morgan fingerprint density at radius 3 is 2.69 bits per heavy atom. The molecule has 3 heterocycles. The van der Waals surface area contributed by atoms with E-state index in [0.717, 1.165) is 23.1 Å². The minimum absolute atomic E-state index is 0.228. The van der Waals surface area contributed by atoms with Crippen LogP contribution >= 0.6 is 0 Å². The van der Waals surface area contributed by atoms with Gasteiger partial charge in [-0.05, 0) is 84.5 Å². The summed E-state index contributed by atoms with van der Waals surface area (Å²) < 4.78 is 35.7. The standard InChI is InChI=1S/C30H28F2N4O3/c1-17-16-36-26(13-27(35-36)34-15-20(14-33)10-19-5-7-21(31)8-6-19)29(23(17)12-28(37)38)24-11-25(32)30-22(18(24)2)4-3-9-39-30/h5-8,11,13-16H,3-4,9-10,12,33H2,1-2H3,(H,37,38). The van der Waals surface area contributed by atoms with Crippen molar-refractivity contribution in [1.29, 1.82) is 0 Å². The van der Waals surface area contributed by atoms with Gasteiger partial charge in [-0.1, -0.05) is 12.1 Å². The van der Waals surface area contributed by atoms with Gasteiger partial charge in [0.1, 0.15) is 5.82 Å². The van der Waals surface area contributed by atoms with E-state index in [1.165, 1.54) is 24.4 Å². The van der Waals surface area contributed by atoms with Crippen molar-refractivity contribution < 1.29 is 23.4 Å². The van der Waals surface area contributed by atoms with E-state index in [1.807, 2.05) is 13.8 Å². The molecule has 1 aliphatic rings. The van der Waals surface area contributed by atoms with Crippen LogP contribution in [0.2, 0.25) is 0 Å². The second-order valence-electron chi connectivity index (χ2n) is 9.66. The Kier molecular flexibility index (Phi) is 7.15. The zero-order chi connectivity index (χ0) is 27.7. The van der Waals surface area contributed by atoms with Crippen molar-refractivity contribution in [3.05, 3.63) is 93.8 Å². The minimum atomic E-state index is -0.987. The molecule has 9 heteroatoms. The zero-order valence-corrected chi connectivity index (χ0v) is 21.7. The lowest BCUT2D eigenvalue weighted by molar-refractivity contribution is -0.136. The second-order valence-corrected chi connectivity index (χ2v) is 9.66. The van der Waals surface area contributed by atoms with E-state index in [9.17, 15) is 14.3 Å². The van der Waals surface area contributed by atoms with Gasteiger partial charge in [0, 0.05) is 36.0 Å². The van der Waals surface area contributed by atoms with Gasteiger partial charge in [0.05, 0.1) is 18.5 Å². The molecule has 0 aliphatic carbocycles. The van der Waals surface area contributed by atoms with Crippen LogP contribution in [0.4, 0.5) is 14.6 Å². The summed E-state index contributed by atoms with van der Waals surface area (Å²) in [4.78, 5) is 16.3. The maximum absolute atomic E-state index is 15.2. The highest BCUT2D eigenvalue weighted by molar-refractivity contribution is 5.90. The minimum Gasteiger partial charge on any atom is -0.490 e. The third-order valence-electron chi connectivity index (χ3n) is 7.00. The number of halogens is 2. The number of hydrogen-bond donors (Lipinski definition) is 2. The first-order valence-electron chi connectivity index (χ1n) is 12.6. The number of nitrogens with two attached hydrogens (primary N) is 1. The van der Waals surface area contributed by atoms with Crippen molar-refractivity contribution in [2.75, 3.05) is 6.61 Å². The third-order valence-corrected chi connectivity index (χ3v) is 7.00. The molecule has 0 atom stereocenters. The number of aromatic nitrogens is 2. The molecule has 2 aromatic carbocycles. The molecule has 0 radical (unpaired) electrons. The second kappa shape index (κ2) is 10.7. The smallest absolute Gasteiger partial charge is 0.307 e. The molecule has 3 N–H and O–H groups in total. The molecule has 0 amide bonds. The van der Waals surface area contributed by atoms with E-state index in [4.69, 9.17) is 10.5 Å². The number of aryl methyl sites for hydroxylation is 1. The van der Waals surface area contributed by atoms with Crippen molar-refractivity contribution in [3.8, 4) is 16.9 Å². The number of nitrogens with zero attached hydrogens (tertiary/aromatic N) is 3. The maximum atomic E-state index is 15.2. The van der Waals surface area contributed by atoms with E-state index < -0.39 is 11.8 Å². The molecule has 0 spiro atoms. The number of rotatable bonds is 7. The SMILES string of the molecule is Cc1cn2nc(N=CC(=CN)Cc3ccc(F)cc3)cc2c(-c2cc(F)c3c(c2C)CCCO3)c1CC(=O)O. The summed E-state index contributed by atoms with van der Waals surface area (Å²) in [6, 6.07) is 9.31. The Morgan fingerprint density at radius 1 is 1.21 bits per heavy atom. The number of ether oxygens (including phenoxy) is 1. The van der Waals surface area contributed by atoms with Crippen LogP contribution < -0.4 is 10.5 Å². The number of carbonyl (C=O) groups is 1. The number of allylic oxidation sites excluding steroid dienone is 1. The van der Waals surface area contributed by atoms with Crippen molar-refractivity contribution in [3.63, 3.8) is 0 Å². The largest absolute Gasteiger partial charge is 0.490 e. The highest BCUT2D eigenvalue weighted by Crippen LogP contribution is 2.41. The highest BCUT2D eigenvalue weighted by Gasteiger charge is 2.25. The lowest BCUT2D eigenvalue weighted by Crippen LogP contribution is -2.13. The van der Waals surface area contributed by atoms with Crippen LogP contribution in [0, 0.1) is 25.5 Å². The van der Waals surface area contributed by atoms with Crippen molar-refractivity contribution in [1.82, 2.24) is 9.61 Å². The van der Waals surface area contributed by atoms with Crippen LogP contribution in [0.5, 0.6) is 5.75 Å². The van der Waals surface area contributed by atoms with Crippen LogP contribution in [-0.4, -0.2) is 33.5 Å². The molecule has 0 saturated carbocycles. The molecule has 200 valence electrons. The molecule has 1 aliphatic heterocycles. The summed E-state index contributed by atoms with van der Waals surface area (Å²) in [5.41, 5.74) is 12.2. The Balaban J connectivity index is 1.61. The quantitative estimate of drug-likeness (QED) is 0.301. The molecule has 39 heavy (non-hydrogen) atoms. The number of aliphatic imine (C=N–C) groups is 1. The number of carboxylic acids is 1. The van der Waals surface area contributed by atoms with Gasteiger partial charge in [-0.2, -0.15) is 0 Å². The molecule has 0 bridgehead atoms. The van der Waals surface area contributed by atoms with Crippen LogP contribution in [0.15, 0.2) is 59.4 Å². The first-order chi connectivity index (χ1) is 18.7. The number of pyridine rings is 1. The fraction of sp³-hybridized carbons (Fsp3) is 0.233. The summed E-state index contributed by atoms with van der Waals surface area (Å²) in [5, 5.41) is 14.3. The Morgan fingerprint density at radius 2 is 1.97 bits per heavy atom. The molecule has 0 fully saturated rings. The van der Waals surface area contributed by atoms with Crippen molar-refractivity contribution >= 4 is 23.5 Å². The number of fused-ring (bicyclic) bond motifs is 2. The van der Waals surface area contributed by atoms with Crippen LogP contribution in [0.1, 0.15) is 34.2 Å². The van der Waals surface area contributed by atoms with E-state index in [-0.39, 0.29) is 18.0 Å². The molecule has 7 nitrogen and oxygen atoms in total. The summed E-state index contributed by atoms with van der Waals surface area (Å²) >= 11 is 0.